The van der Waals surface area contributed by atoms with Crippen molar-refractivity contribution < 1.29 is 27.6 Å². The molecule has 3 amide bonds. The summed E-state index contributed by atoms with van der Waals surface area (Å²) < 4.78 is 43.8. The van der Waals surface area contributed by atoms with Crippen molar-refractivity contribution in [1.29, 1.82) is 0 Å². The second kappa shape index (κ2) is 12.6. The first-order valence-corrected chi connectivity index (χ1v) is 14.6. The number of hydrogen-bond acceptors (Lipinski definition) is 7. The molecule has 1 saturated carbocycles. The van der Waals surface area contributed by atoms with Crippen LogP contribution in [0.1, 0.15) is 58.4 Å². The Morgan fingerprint density at radius 2 is 1.82 bits per heavy atom. The summed E-state index contributed by atoms with van der Waals surface area (Å²) in [6.07, 6.45) is 0.526. The number of nitrogens with two attached hydrogens (primary N) is 2. The molecule has 3 heterocycles. The number of carbonyl (C=O) groups is 3. The summed E-state index contributed by atoms with van der Waals surface area (Å²) in [7, 11) is 1.45. The number of anilines is 1. The van der Waals surface area contributed by atoms with E-state index >= 15 is 0 Å². The van der Waals surface area contributed by atoms with Gasteiger partial charge in [0.1, 0.15) is 0 Å². The Morgan fingerprint density at radius 1 is 1.14 bits per heavy atom. The maximum Gasteiger partial charge on any atom is 0.435 e. The molecule has 1 atom stereocenters. The summed E-state index contributed by atoms with van der Waals surface area (Å²) in [5.41, 5.74) is 10.8. The van der Waals surface area contributed by atoms with Gasteiger partial charge in [0, 0.05) is 45.1 Å². The summed E-state index contributed by atoms with van der Waals surface area (Å²) in [5, 5.41) is 6.48. The molecule has 2 fully saturated rings. The highest BCUT2D eigenvalue weighted by Gasteiger charge is 2.40. The third kappa shape index (κ3) is 6.59. The van der Waals surface area contributed by atoms with Crippen LogP contribution in [0.3, 0.4) is 0 Å². The highest BCUT2D eigenvalue weighted by molar-refractivity contribution is 6.34. The number of halogens is 4. The Bertz CT molecular complexity index is 1560. The Kier molecular flexibility index (Phi) is 9.00. The zero-order chi connectivity index (χ0) is 31.8. The van der Waals surface area contributed by atoms with E-state index in [9.17, 15) is 27.6 Å². The van der Waals surface area contributed by atoms with Gasteiger partial charge in [0.2, 0.25) is 5.91 Å². The van der Waals surface area contributed by atoms with Crippen LogP contribution in [0.2, 0.25) is 5.02 Å². The molecule has 44 heavy (non-hydrogen) atoms. The third-order valence-corrected chi connectivity index (χ3v) is 8.07. The number of nitrogens with zero attached hydrogens (tertiary/aromatic N) is 6. The van der Waals surface area contributed by atoms with Gasteiger partial charge in [0.05, 0.1) is 40.1 Å². The first-order valence-electron chi connectivity index (χ1n) is 14.2. The zero-order valence-electron chi connectivity index (χ0n) is 24.0. The predicted molar refractivity (Wildman–Crippen MR) is 156 cm³/mol. The van der Waals surface area contributed by atoms with Crippen molar-refractivity contribution in [2.24, 2.45) is 18.5 Å². The zero-order valence-corrected chi connectivity index (χ0v) is 24.7. The van der Waals surface area contributed by atoms with Crippen molar-refractivity contribution >= 4 is 35.0 Å². The van der Waals surface area contributed by atoms with E-state index < -0.39 is 23.8 Å². The minimum absolute atomic E-state index is 0.0650. The van der Waals surface area contributed by atoms with Gasteiger partial charge in [-0.1, -0.05) is 11.6 Å². The molecule has 5 N–H and O–H groups in total. The highest BCUT2D eigenvalue weighted by atomic mass is 35.5. The lowest BCUT2D eigenvalue weighted by Gasteiger charge is -2.36. The first-order chi connectivity index (χ1) is 20.9. The van der Waals surface area contributed by atoms with Crippen molar-refractivity contribution in [2.75, 3.05) is 38.0 Å². The van der Waals surface area contributed by atoms with Crippen LogP contribution in [-0.4, -0.2) is 85.6 Å². The molecular weight excluding hydrogens is 603 g/mol. The van der Waals surface area contributed by atoms with Crippen molar-refractivity contribution in [2.45, 2.75) is 43.9 Å². The number of benzene rings is 1. The summed E-state index contributed by atoms with van der Waals surface area (Å²) >= 11 is 6.42. The minimum Gasteiger partial charge on any atom is -0.338 e. The Balaban J connectivity index is 1.23. The number of alkyl halides is 3. The maximum absolute atomic E-state index is 13.7. The number of imidazole rings is 1. The van der Waals surface area contributed by atoms with Gasteiger partial charge in [0.15, 0.2) is 11.5 Å². The average molecular weight is 636 g/mol. The van der Waals surface area contributed by atoms with Crippen molar-refractivity contribution in [3.8, 4) is 11.3 Å². The minimum atomic E-state index is -4.68. The number of rotatable bonds is 9. The molecule has 2 aliphatic rings. The number of hydrogen-bond donors (Lipinski definition) is 3. The molecule has 3 aromatic rings. The van der Waals surface area contributed by atoms with Gasteiger partial charge in [-0.25, -0.2) is 4.98 Å². The largest absolute Gasteiger partial charge is 0.435 e. The normalized spacial score (nSPS) is 16.2. The van der Waals surface area contributed by atoms with E-state index in [1.54, 1.807) is 9.80 Å². The lowest BCUT2D eigenvalue weighted by molar-refractivity contribution is -0.141. The quantitative estimate of drug-likeness (QED) is 0.326. The fourth-order valence-electron chi connectivity index (χ4n) is 5.13. The van der Waals surface area contributed by atoms with Gasteiger partial charge >= 0.3 is 6.18 Å². The Morgan fingerprint density at radius 3 is 2.43 bits per heavy atom. The Hall–Kier alpha value is -3.95. The van der Waals surface area contributed by atoms with Gasteiger partial charge < -0.3 is 31.2 Å². The van der Waals surface area contributed by atoms with Crippen molar-refractivity contribution in [3.05, 3.63) is 52.7 Å². The smallest absolute Gasteiger partial charge is 0.338 e. The number of aromatic nitrogens is 4. The molecule has 5 rings (SSSR count). The molecule has 16 heteroatoms. The van der Waals surface area contributed by atoms with Crippen LogP contribution in [0.25, 0.3) is 11.3 Å². The predicted octanol–water partition coefficient (Wildman–Crippen LogP) is 2.89. The molecular formula is C28H33ClF3N9O3. The molecule has 1 aliphatic heterocycles. The average Bonchev–Trinajstić information content (AvgIpc) is 3.62. The van der Waals surface area contributed by atoms with E-state index in [1.807, 2.05) is 0 Å². The fraction of sp³-hybridized carbons (Fsp3) is 0.464. The standard InChI is InChI=1S/C28H33ClF3N9O3/c1-38-22(19-15-41(17-5-6-17)37-23(19)28(30,31)32)14-35-24(38)25(42)36-16-4-7-18(20(29)13-16)26(43)39-9-11-40(12-10-39)27(44)21(34)3-2-8-33/h4,7,13-15,17,21H,2-3,5-6,8-12,33-34H2,1H3,(H,36,42). The molecule has 1 aromatic carbocycles. The molecule has 1 saturated heterocycles. The molecule has 2 aromatic heterocycles. The van der Waals surface area contributed by atoms with E-state index in [2.05, 4.69) is 15.4 Å². The van der Waals surface area contributed by atoms with E-state index in [-0.39, 0.29) is 51.2 Å². The number of amides is 3. The van der Waals surface area contributed by atoms with Crippen LogP contribution in [0, 0.1) is 0 Å². The second-order valence-corrected chi connectivity index (χ2v) is 11.3. The van der Waals surface area contributed by atoms with Crippen LogP contribution in [-0.2, 0) is 18.0 Å². The van der Waals surface area contributed by atoms with Crippen molar-refractivity contribution in [3.63, 3.8) is 0 Å². The molecule has 1 unspecified atom stereocenters. The number of nitrogens with one attached hydrogen (secondary N) is 1. The van der Waals surface area contributed by atoms with E-state index in [0.29, 0.717) is 45.6 Å². The summed E-state index contributed by atoms with van der Waals surface area (Å²) in [5.74, 6) is -1.30. The lowest BCUT2D eigenvalue weighted by atomic mass is 10.1. The van der Waals surface area contributed by atoms with E-state index in [1.165, 1.54) is 46.9 Å². The van der Waals surface area contributed by atoms with Gasteiger partial charge in [-0.05, 0) is 50.4 Å². The molecule has 0 radical (unpaired) electrons. The van der Waals surface area contributed by atoms with Gasteiger partial charge in [-0.15, -0.1) is 0 Å². The number of carbonyl (C=O) groups excluding carboxylic acids is 3. The molecule has 0 spiro atoms. The monoisotopic (exact) mass is 635 g/mol. The molecule has 12 nitrogen and oxygen atoms in total. The summed E-state index contributed by atoms with van der Waals surface area (Å²) in [6, 6.07) is 3.70. The second-order valence-electron chi connectivity index (χ2n) is 10.9. The Labute approximate surface area is 256 Å². The van der Waals surface area contributed by atoms with Crippen LogP contribution >= 0.6 is 11.6 Å². The van der Waals surface area contributed by atoms with Gasteiger partial charge in [-0.2, -0.15) is 18.3 Å². The third-order valence-electron chi connectivity index (χ3n) is 7.76. The fourth-order valence-corrected chi connectivity index (χ4v) is 5.40. The molecule has 236 valence electrons. The summed E-state index contributed by atoms with van der Waals surface area (Å²) in [6.45, 7) is 1.74. The SMILES string of the molecule is Cn1c(-c2cn(C3CC3)nc2C(F)(F)F)cnc1C(=O)Nc1ccc(C(=O)N2CCN(C(=O)C(N)CCCN)CC2)c(Cl)c1. The molecule has 1 aliphatic carbocycles. The summed E-state index contributed by atoms with van der Waals surface area (Å²) in [4.78, 5) is 46.1. The van der Waals surface area contributed by atoms with Crippen molar-refractivity contribution in [1.82, 2.24) is 29.1 Å². The lowest BCUT2D eigenvalue weighted by Crippen LogP contribution is -2.54. The molecule has 0 bridgehead atoms. The van der Waals surface area contributed by atoms with Crippen LogP contribution < -0.4 is 16.8 Å². The maximum atomic E-state index is 13.7. The first kappa shape index (κ1) is 31.5. The van der Waals surface area contributed by atoms with E-state index in [4.69, 9.17) is 23.1 Å². The van der Waals surface area contributed by atoms with Crippen LogP contribution in [0.15, 0.2) is 30.6 Å². The van der Waals surface area contributed by atoms with Gasteiger partial charge in [-0.3, -0.25) is 19.1 Å². The number of piperazine rings is 1. The highest BCUT2D eigenvalue weighted by Crippen LogP contribution is 2.41. The van der Waals surface area contributed by atoms with Gasteiger partial charge in [0.25, 0.3) is 11.8 Å². The van der Waals surface area contributed by atoms with Crippen LogP contribution in [0.5, 0.6) is 0 Å². The topological polar surface area (TPSA) is 157 Å². The van der Waals surface area contributed by atoms with Crippen LogP contribution in [0.4, 0.5) is 18.9 Å². The van der Waals surface area contributed by atoms with E-state index in [0.717, 1.165) is 12.8 Å².